The Labute approximate surface area is 156 Å². The zero-order chi connectivity index (χ0) is 18.3. The number of fused-ring (bicyclic) bond motifs is 2. The van der Waals surface area contributed by atoms with Crippen molar-refractivity contribution in [3.8, 4) is 11.5 Å². The molecular formula is C18H20ClN3O4. The number of carboxylic acid groups (broad SMARTS) is 1. The summed E-state index contributed by atoms with van der Waals surface area (Å²) in [4.78, 5) is 20.7. The van der Waals surface area contributed by atoms with Gasteiger partial charge in [0.05, 0.1) is 5.52 Å². The highest BCUT2D eigenvalue weighted by Gasteiger charge is 2.25. The maximum absolute atomic E-state index is 11.9. The Bertz CT molecular complexity index is 865. The Morgan fingerprint density at radius 2 is 1.85 bits per heavy atom. The van der Waals surface area contributed by atoms with Crippen LogP contribution in [0.3, 0.4) is 0 Å². The molecule has 1 aromatic carbocycles. The Hall–Kier alpha value is -2.09. The molecule has 8 heteroatoms. The predicted octanol–water partition coefficient (Wildman–Crippen LogP) is 2.11. The van der Waals surface area contributed by atoms with Gasteiger partial charge in [-0.05, 0) is 18.7 Å². The molecule has 2 aromatic rings. The average Bonchev–Trinajstić information content (AvgIpc) is 2.61. The topological polar surface area (TPSA) is 75.1 Å². The van der Waals surface area contributed by atoms with E-state index in [-0.39, 0.29) is 10.7 Å². The van der Waals surface area contributed by atoms with Crippen molar-refractivity contribution < 1.29 is 19.4 Å². The largest absolute Gasteiger partial charge is 0.486 e. The number of carboxylic acids is 1. The van der Waals surface area contributed by atoms with E-state index >= 15 is 0 Å². The number of piperazine rings is 1. The van der Waals surface area contributed by atoms with E-state index in [0.29, 0.717) is 42.3 Å². The number of benzene rings is 1. The van der Waals surface area contributed by atoms with Crippen LogP contribution in [-0.4, -0.2) is 72.3 Å². The lowest BCUT2D eigenvalue weighted by Crippen LogP contribution is -2.44. The lowest BCUT2D eigenvalue weighted by molar-refractivity contribution is 0.0693. The molecule has 0 radical (unpaired) electrons. The van der Waals surface area contributed by atoms with Gasteiger partial charge in [0.15, 0.2) is 11.5 Å². The van der Waals surface area contributed by atoms with E-state index in [9.17, 15) is 9.90 Å². The molecule has 2 aliphatic heterocycles. The molecule has 26 heavy (non-hydrogen) atoms. The molecule has 7 nitrogen and oxygen atoms in total. The summed E-state index contributed by atoms with van der Waals surface area (Å²) in [5.41, 5.74) is 1.36. The van der Waals surface area contributed by atoms with Crippen LogP contribution in [0.25, 0.3) is 10.9 Å². The zero-order valence-electron chi connectivity index (χ0n) is 14.5. The number of ether oxygens (including phenoxy) is 2. The summed E-state index contributed by atoms with van der Waals surface area (Å²) in [5.74, 6) is 0.160. The minimum Gasteiger partial charge on any atom is -0.486 e. The second-order valence-electron chi connectivity index (χ2n) is 6.65. The average molecular weight is 378 g/mol. The van der Waals surface area contributed by atoms with Gasteiger partial charge in [0.25, 0.3) is 0 Å². The number of aromatic nitrogens is 1. The number of aromatic carboxylic acids is 1. The molecule has 1 N–H and O–H groups in total. The maximum Gasteiger partial charge on any atom is 0.339 e. The fraction of sp³-hybridized carbons (Fsp3) is 0.444. The van der Waals surface area contributed by atoms with Gasteiger partial charge >= 0.3 is 5.97 Å². The van der Waals surface area contributed by atoms with Crippen molar-refractivity contribution in [2.45, 2.75) is 6.54 Å². The number of halogens is 1. The number of hydrogen-bond acceptors (Lipinski definition) is 6. The third-order valence-electron chi connectivity index (χ3n) is 4.90. The lowest BCUT2D eigenvalue weighted by atomic mass is 10.0. The van der Waals surface area contributed by atoms with Crippen LogP contribution in [0.1, 0.15) is 15.9 Å². The molecular weight excluding hydrogens is 358 g/mol. The maximum atomic E-state index is 11.9. The van der Waals surface area contributed by atoms with Gasteiger partial charge in [0.2, 0.25) is 0 Å². The van der Waals surface area contributed by atoms with Crippen LogP contribution < -0.4 is 9.47 Å². The highest BCUT2D eigenvalue weighted by Crippen LogP contribution is 2.37. The minimum absolute atomic E-state index is 0.00538. The third-order valence-corrected chi connectivity index (χ3v) is 5.18. The van der Waals surface area contributed by atoms with Crippen molar-refractivity contribution in [1.29, 1.82) is 0 Å². The number of rotatable bonds is 3. The molecule has 3 heterocycles. The quantitative estimate of drug-likeness (QED) is 0.821. The molecule has 0 aliphatic carbocycles. The SMILES string of the molecule is CN1CCN(Cc2c(C(=O)O)c(Cl)nc3cc4c(cc23)OCCO4)CC1. The van der Waals surface area contributed by atoms with E-state index in [1.54, 1.807) is 6.07 Å². The standard InChI is InChI=1S/C18H20ClN3O4/c1-21-2-4-22(5-3-21)10-12-11-8-14-15(26-7-6-25-14)9-13(11)20-17(19)16(12)18(23)24/h8-9H,2-7,10H2,1H3,(H,23,24). The van der Waals surface area contributed by atoms with E-state index in [1.807, 2.05) is 6.07 Å². The highest BCUT2D eigenvalue weighted by molar-refractivity contribution is 6.33. The second kappa shape index (κ2) is 6.90. The van der Waals surface area contributed by atoms with E-state index in [2.05, 4.69) is 21.8 Å². The molecule has 2 aliphatic rings. The van der Waals surface area contributed by atoms with Gasteiger partial charge in [-0.1, -0.05) is 11.6 Å². The van der Waals surface area contributed by atoms with Crippen molar-refractivity contribution in [2.24, 2.45) is 0 Å². The number of nitrogens with zero attached hydrogens (tertiary/aromatic N) is 3. The summed E-state index contributed by atoms with van der Waals surface area (Å²) >= 11 is 6.24. The Morgan fingerprint density at radius 1 is 1.19 bits per heavy atom. The molecule has 1 fully saturated rings. The summed E-state index contributed by atoms with van der Waals surface area (Å²) in [5, 5.41) is 10.5. The first-order valence-corrected chi connectivity index (χ1v) is 8.96. The Balaban J connectivity index is 1.83. The molecule has 0 bridgehead atoms. The molecule has 4 rings (SSSR count). The highest BCUT2D eigenvalue weighted by atomic mass is 35.5. The summed E-state index contributed by atoms with van der Waals surface area (Å²) < 4.78 is 11.3. The van der Waals surface area contributed by atoms with Crippen molar-refractivity contribution in [2.75, 3.05) is 46.4 Å². The normalized spacial score (nSPS) is 18.2. The van der Waals surface area contributed by atoms with Crippen LogP contribution in [0.2, 0.25) is 5.15 Å². The minimum atomic E-state index is -1.07. The van der Waals surface area contributed by atoms with E-state index < -0.39 is 5.97 Å². The first kappa shape index (κ1) is 17.3. The smallest absolute Gasteiger partial charge is 0.339 e. The van der Waals surface area contributed by atoms with Crippen molar-refractivity contribution in [3.63, 3.8) is 0 Å². The lowest BCUT2D eigenvalue weighted by Gasteiger charge is -2.33. The summed E-state index contributed by atoms with van der Waals surface area (Å²) in [6.07, 6.45) is 0. The van der Waals surface area contributed by atoms with Crippen LogP contribution in [-0.2, 0) is 6.54 Å². The Morgan fingerprint density at radius 3 is 2.50 bits per heavy atom. The van der Waals surface area contributed by atoms with Crippen LogP contribution in [0.15, 0.2) is 12.1 Å². The summed E-state index contributed by atoms with van der Waals surface area (Å²) in [6.45, 7) is 5.11. The van der Waals surface area contributed by atoms with E-state index in [0.717, 1.165) is 31.6 Å². The molecule has 0 amide bonds. The molecule has 0 atom stereocenters. The molecule has 1 saturated heterocycles. The first-order valence-electron chi connectivity index (χ1n) is 8.59. The van der Waals surface area contributed by atoms with Gasteiger partial charge in [0.1, 0.15) is 23.9 Å². The van der Waals surface area contributed by atoms with E-state index in [4.69, 9.17) is 21.1 Å². The van der Waals surface area contributed by atoms with Crippen LogP contribution in [0, 0.1) is 0 Å². The monoisotopic (exact) mass is 377 g/mol. The van der Waals surface area contributed by atoms with Crippen LogP contribution >= 0.6 is 11.6 Å². The van der Waals surface area contributed by atoms with Gasteiger partial charge in [-0.25, -0.2) is 9.78 Å². The van der Waals surface area contributed by atoms with Crippen molar-refractivity contribution in [1.82, 2.24) is 14.8 Å². The molecule has 138 valence electrons. The van der Waals surface area contributed by atoms with Crippen molar-refractivity contribution in [3.05, 3.63) is 28.4 Å². The summed E-state index contributed by atoms with van der Waals surface area (Å²) in [6, 6.07) is 3.60. The second-order valence-corrected chi connectivity index (χ2v) is 7.01. The van der Waals surface area contributed by atoms with Crippen molar-refractivity contribution >= 4 is 28.5 Å². The van der Waals surface area contributed by atoms with Crippen LogP contribution in [0.4, 0.5) is 0 Å². The zero-order valence-corrected chi connectivity index (χ0v) is 15.3. The molecule has 0 saturated carbocycles. The number of hydrogen-bond donors (Lipinski definition) is 1. The van der Waals surface area contributed by atoms with Gasteiger partial charge in [0, 0.05) is 44.2 Å². The molecule has 1 aromatic heterocycles. The van der Waals surface area contributed by atoms with Gasteiger partial charge < -0.3 is 19.5 Å². The molecule has 0 unspecified atom stereocenters. The fourth-order valence-electron chi connectivity index (χ4n) is 3.44. The predicted molar refractivity (Wildman–Crippen MR) is 97.5 cm³/mol. The number of pyridine rings is 1. The Kier molecular flexibility index (Phi) is 4.60. The van der Waals surface area contributed by atoms with Gasteiger partial charge in [-0.2, -0.15) is 0 Å². The van der Waals surface area contributed by atoms with Gasteiger partial charge in [-0.15, -0.1) is 0 Å². The van der Waals surface area contributed by atoms with Gasteiger partial charge in [-0.3, -0.25) is 4.90 Å². The fourth-order valence-corrected chi connectivity index (χ4v) is 3.73. The first-order chi connectivity index (χ1) is 12.5. The number of carbonyl (C=O) groups is 1. The third kappa shape index (κ3) is 3.18. The van der Waals surface area contributed by atoms with Crippen LogP contribution in [0.5, 0.6) is 11.5 Å². The van der Waals surface area contributed by atoms with E-state index in [1.165, 1.54) is 0 Å². The number of likely N-dealkylation sites (N-methyl/N-ethyl adjacent to an activating group) is 1. The molecule has 0 spiro atoms. The summed E-state index contributed by atoms with van der Waals surface area (Å²) in [7, 11) is 2.09.